The predicted octanol–water partition coefficient (Wildman–Crippen LogP) is 5.00. The molecule has 2 aromatic heterocycles. The molecule has 0 saturated carbocycles. The van der Waals surface area contributed by atoms with Crippen molar-refractivity contribution < 1.29 is 18.7 Å². The molecule has 0 aliphatic heterocycles. The van der Waals surface area contributed by atoms with E-state index in [1.165, 1.54) is 4.68 Å². The first kappa shape index (κ1) is 22.3. The van der Waals surface area contributed by atoms with Crippen molar-refractivity contribution in [3.05, 3.63) is 69.1 Å². The summed E-state index contributed by atoms with van der Waals surface area (Å²) < 4.78 is 18.6. The number of hydrogen-bond donors (Lipinski definition) is 0. The molecule has 0 saturated heterocycles. The maximum absolute atomic E-state index is 12.5. The van der Waals surface area contributed by atoms with Gasteiger partial charge in [-0.3, -0.25) is 0 Å². The van der Waals surface area contributed by atoms with Crippen LogP contribution in [0.2, 0.25) is 0 Å². The standard InChI is InChI=1S/C23H23IN4O4/c1-23(2,3)32-22(29)28-18-9-8-15(11-17(18)21(24)27-28)13-20-26-25-19(31-20)12-14-6-5-7-16(10-14)30-4/h5-11H,12-13H2,1-4H3. The van der Waals surface area contributed by atoms with E-state index < -0.39 is 11.7 Å². The monoisotopic (exact) mass is 546 g/mol. The number of benzene rings is 2. The summed E-state index contributed by atoms with van der Waals surface area (Å²) in [6, 6.07) is 13.5. The largest absolute Gasteiger partial charge is 0.497 e. The van der Waals surface area contributed by atoms with Crippen molar-refractivity contribution in [2.45, 2.75) is 39.2 Å². The zero-order chi connectivity index (χ0) is 22.9. The minimum atomic E-state index is -0.596. The molecule has 0 unspecified atom stereocenters. The highest BCUT2D eigenvalue weighted by atomic mass is 127. The van der Waals surface area contributed by atoms with Gasteiger partial charge in [-0.15, -0.1) is 10.2 Å². The van der Waals surface area contributed by atoms with Gasteiger partial charge in [0, 0.05) is 5.39 Å². The predicted molar refractivity (Wildman–Crippen MR) is 127 cm³/mol. The lowest BCUT2D eigenvalue weighted by molar-refractivity contribution is 0.0522. The number of carbonyl (C=O) groups is 1. The molecule has 0 aliphatic rings. The van der Waals surface area contributed by atoms with Crippen molar-refractivity contribution in [1.82, 2.24) is 20.0 Å². The molecule has 0 radical (unpaired) electrons. The molecular formula is C23H23IN4O4. The van der Waals surface area contributed by atoms with E-state index >= 15 is 0 Å². The Balaban J connectivity index is 1.51. The number of methoxy groups -OCH3 is 1. The summed E-state index contributed by atoms with van der Waals surface area (Å²) in [4.78, 5) is 12.5. The van der Waals surface area contributed by atoms with E-state index in [1.54, 1.807) is 7.11 Å². The van der Waals surface area contributed by atoms with E-state index in [2.05, 4.69) is 37.9 Å². The lowest BCUT2D eigenvalue weighted by Crippen LogP contribution is -2.27. The Bertz CT molecular complexity index is 1270. The molecule has 4 aromatic rings. The number of carbonyl (C=O) groups excluding carboxylic acids is 1. The quantitative estimate of drug-likeness (QED) is 0.326. The molecule has 0 atom stereocenters. The van der Waals surface area contributed by atoms with Gasteiger partial charge in [-0.1, -0.05) is 18.2 Å². The number of rotatable bonds is 5. The van der Waals surface area contributed by atoms with Gasteiger partial charge in [0.2, 0.25) is 11.8 Å². The van der Waals surface area contributed by atoms with Crippen LogP contribution in [0.25, 0.3) is 10.9 Å². The Morgan fingerprint density at radius 1 is 1.06 bits per heavy atom. The zero-order valence-corrected chi connectivity index (χ0v) is 20.4. The lowest BCUT2D eigenvalue weighted by atomic mass is 10.1. The number of ether oxygens (including phenoxy) is 2. The average Bonchev–Trinajstić information content (AvgIpc) is 3.31. The lowest BCUT2D eigenvalue weighted by Gasteiger charge is -2.19. The SMILES string of the molecule is COc1cccc(Cc2nnc(Cc3ccc4c(c3)c(I)nn4C(=O)OC(C)(C)C)o2)c1. The second-order valence-electron chi connectivity index (χ2n) is 8.33. The molecule has 32 heavy (non-hydrogen) atoms. The maximum atomic E-state index is 12.5. The van der Waals surface area contributed by atoms with Gasteiger partial charge in [0.1, 0.15) is 15.1 Å². The van der Waals surface area contributed by atoms with Crippen LogP contribution in [0.3, 0.4) is 0 Å². The Hall–Kier alpha value is -2.95. The van der Waals surface area contributed by atoms with Crippen molar-refractivity contribution in [3.63, 3.8) is 0 Å². The van der Waals surface area contributed by atoms with Crippen LogP contribution in [0.5, 0.6) is 5.75 Å². The van der Waals surface area contributed by atoms with Crippen molar-refractivity contribution in [2.75, 3.05) is 7.11 Å². The van der Waals surface area contributed by atoms with Gasteiger partial charge in [-0.25, -0.2) is 4.79 Å². The fraction of sp³-hybridized carbons (Fsp3) is 0.304. The number of nitrogens with zero attached hydrogens (tertiary/aromatic N) is 4. The average molecular weight is 546 g/mol. The number of aromatic nitrogens is 4. The third-order valence-corrected chi connectivity index (χ3v) is 5.42. The minimum Gasteiger partial charge on any atom is -0.497 e. The van der Waals surface area contributed by atoms with Crippen LogP contribution in [-0.4, -0.2) is 38.8 Å². The molecule has 166 valence electrons. The number of hydrogen-bond acceptors (Lipinski definition) is 7. The number of fused-ring (bicyclic) bond motifs is 1. The van der Waals surface area contributed by atoms with E-state index in [4.69, 9.17) is 13.9 Å². The minimum absolute atomic E-state index is 0.481. The van der Waals surface area contributed by atoms with E-state index in [9.17, 15) is 4.79 Å². The molecule has 4 rings (SSSR count). The van der Waals surface area contributed by atoms with Gasteiger partial charge in [0.15, 0.2) is 0 Å². The highest BCUT2D eigenvalue weighted by Gasteiger charge is 2.22. The van der Waals surface area contributed by atoms with Crippen LogP contribution in [0.15, 0.2) is 46.9 Å². The summed E-state index contributed by atoms with van der Waals surface area (Å²) in [6.45, 7) is 5.48. The van der Waals surface area contributed by atoms with Gasteiger partial charge in [-0.05, 0) is 78.8 Å². The Morgan fingerprint density at radius 2 is 1.75 bits per heavy atom. The second kappa shape index (κ2) is 8.89. The molecule has 2 heterocycles. The van der Waals surface area contributed by atoms with E-state index in [0.29, 0.717) is 30.1 Å². The highest BCUT2D eigenvalue weighted by Crippen LogP contribution is 2.24. The van der Waals surface area contributed by atoms with Gasteiger partial charge in [0.25, 0.3) is 0 Å². The summed E-state index contributed by atoms with van der Waals surface area (Å²) in [7, 11) is 1.64. The van der Waals surface area contributed by atoms with Gasteiger partial charge < -0.3 is 13.9 Å². The molecule has 0 spiro atoms. The summed E-state index contributed by atoms with van der Waals surface area (Å²) in [5.74, 6) is 1.86. The van der Waals surface area contributed by atoms with Crippen molar-refractivity contribution in [2.24, 2.45) is 0 Å². The summed E-state index contributed by atoms with van der Waals surface area (Å²) >= 11 is 2.12. The van der Waals surface area contributed by atoms with Crippen molar-refractivity contribution in [3.8, 4) is 5.75 Å². The van der Waals surface area contributed by atoms with Crippen LogP contribution in [-0.2, 0) is 17.6 Å². The van der Waals surface area contributed by atoms with Crippen LogP contribution in [0.1, 0.15) is 43.7 Å². The first-order valence-corrected chi connectivity index (χ1v) is 11.1. The summed E-state index contributed by atoms with van der Waals surface area (Å²) in [5, 5.41) is 13.6. The normalized spacial score (nSPS) is 11.7. The second-order valence-corrected chi connectivity index (χ2v) is 9.35. The first-order chi connectivity index (χ1) is 15.2. The molecular weight excluding hydrogens is 523 g/mol. The smallest absolute Gasteiger partial charge is 0.435 e. The third kappa shape index (κ3) is 5.09. The first-order valence-electron chi connectivity index (χ1n) is 10.1. The van der Waals surface area contributed by atoms with Crippen molar-refractivity contribution in [1.29, 1.82) is 0 Å². The van der Waals surface area contributed by atoms with Gasteiger partial charge >= 0.3 is 6.09 Å². The van der Waals surface area contributed by atoms with Gasteiger partial charge in [0.05, 0.1) is 25.5 Å². The van der Waals surface area contributed by atoms with Crippen LogP contribution in [0, 0.1) is 3.70 Å². The van der Waals surface area contributed by atoms with Crippen LogP contribution < -0.4 is 4.74 Å². The highest BCUT2D eigenvalue weighted by molar-refractivity contribution is 14.1. The fourth-order valence-corrected chi connectivity index (χ4v) is 3.89. The molecule has 8 nitrogen and oxygen atoms in total. The summed E-state index contributed by atoms with van der Waals surface area (Å²) in [6.07, 6.45) is 0.510. The van der Waals surface area contributed by atoms with E-state index in [1.807, 2.05) is 63.2 Å². The molecule has 0 bridgehead atoms. The van der Waals surface area contributed by atoms with E-state index in [-0.39, 0.29) is 0 Å². The maximum Gasteiger partial charge on any atom is 0.435 e. The molecule has 0 fully saturated rings. The Kier molecular flexibility index (Phi) is 6.18. The Morgan fingerprint density at radius 3 is 2.41 bits per heavy atom. The fourth-order valence-electron chi connectivity index (χ4n) is 3.25. The molecule has 0 N–H and O–H groups in total. The van der Waals surface area contributed by atoms with Gasteiger partial charge in [-0.2, -0.15) is 9.78 Å². The van der Waals surface area contributed by atoms with Crippen LogP contribution >= 0.6 is 22.6 Å². The molecule has 0 aliphatic carbocycles. The molecule has 9 heteroatoms. The molecule has 0 amide bonds. The Labute approximate surface area is 199 Å². The van der Waals surface area contributed by atoms with Crippen LogP contribution in [0.4, 0.5) is 4.79 Å². The third-order valence-electron chi connectivity index (χ3n) is 4.62. The van der Waals surface area contributed by atoms with E-state index in [0.717, 1.165) is 26.0 Å². The molecule has 2 aromatic carbocycles. The number of halogens is 1. The topological polar surface area (TPSA) is 92.3 Å². The summed E-state index contributed by atoms with van der Waals surface area (Å²) in [5.41, 5.74) is 2.11. The van der Waals surface area contributed by atoms with Crippen molar-refractivity contribution >= 4 is 39.6 Å². The zero-order valence-electron chi connectivity index (χ0n) is 18.3.